The Balaban J connectivity index is 2.10. The van der Waals surface area contributed by atoms with E-state index >= 15 is 0 Å². The molecule has 2 rings (SSSR count). The molecule has 120 valence electrons. The highest BCUT2D eigenvalue weighted by Crippen LogP contribution is 2.28. The molecule has 0 saturated carbocycles. The van der Waals surface area contributed by atoms with Gasteiger partial charge in [0, 0.05) is 24.7 Å². The maximum Gasteiger partial charge on any atom is 0.271 e. The van der Waals surface area contributed by atoms with Gasteiger partial charge in [-0.2, -0.15) is 0 Å². The van der Waals surface area contributed by atoms with Crippen molar-refractivity contribution in [1.29, 1.82) is 0 Å². The molecule has 1 unspecified atom stereocenters. The number of non-ortho nitro benzene ring substituents is 1. The Morgan fingerprint density at radius 2 is 2.32 bits per heavy atom. The fourth-order valence-electron chi connectivity index (χ4n) is 2.75. The lowest BCUT2D eigenvalue weighted by Gasteiger charge is -2.23. The van der Waals surface area contributed by atoms with Crippen LogP contribution in [0.2, 0.25) is 5.02 Å². The maximum absolute atomic E-state index is 12.3. The lowest BCUT2D eigenvalue weighted by atomic mass is 10.1. The number of likely N-dealkylation sites (tertiary alicyclic amines) is 1. The number of nitro groups is 1. The van der Waals surface area contributed by atoms with E-state index < -0.39 is 10.8 Å². The standard InChI is InChI=1S/C14H19ClN4O3/c1-2-18-5-3-4-9(18)8-17-14(20)11-6-10(19(21)22)7-12(15)13(11)16/h6-7,9H,2-5,8,16H2,1H3,(H,17,20). The molecule has 0 spiro atoms. The van der Waals surface area contributed by atoms with Gasteiger partial charge in [0.25, 0.3) is 11.6 Å². The quantitative estimate of drug-likeness (QED) is 0.490. The van der Waals surface area contributed by atoms with Crippen LogP contribution in [-0.2, 0) is 0 Å². The van der Waals surface area contributed by atoms with Gasteiger partial charge in [-0.05, 0) is 25.9 Å². The number of amides is 1. The van der Waals surface area contributed by atoms with Gasteiger partial charge >= 0.3 is 0 Å². The molecule has 0 radical (unpaired) electrons. The summed E-state index contributed by atoms with van der Waals surface area (Å²) in [5.74, 6) is -0.439. The average Bonchev–Trinajstić information content (AvgIpc) is 2.94. The number of carbonyl (C=O) groups is 1. The number of rotatable bonds is 5. The number of nitrogen functional groups attached to an aromatic ring is 1. The molecule has 0 aromatic heterocycles. The van der Waals surface area contributed by atoms with Crippen LogP contribution in [0.15, 0.2) is 12.1 Å². The van der Waals surface area contributed by atoms with Gasteiger partial charge in [0.15, 0.2) is 0 Å². The Morgan fingerprint density at radius 3 is 2.95 bits per heavy atom. The van der Waals surface area contributed by atoms with Gasteiger partial charge in [-0.1, -0.05) is 18.5 Å². The van der Waals surface area contributed by atoms with E-state index in [4.69, 9.17) is 17.3 Å². The average molecular weight is 327 g/mol. The minimum absolute atomic E-state index is 0.00963. The zero-order valence-electron chi connectivity index (χ0n) is 12.3. The predicted octanol–water partition coefficient (Wildman–Crippen LogP) is 2.04. The summed E-state index contributed by atoms with van der Waals surface area (Å²) >= 11 is 5.86. The van der Waals surface area contributed by atoms with Gasteiger partial charge in [-0.25, -0.2) is 0 Å². The third-order valence-corrected chi connectivity index (χ3v) is 4.29. The zero-order chi connectivity index (χ0) is 16.3. The monoisotopic (exact) mass is 326 g/mol. The molecule has 1 atom stereocenters. The van der Waals surface area contributed by atoms with Gasteiger partial charge in [-0.15, -0.1) is 0 Å². The van der Waals surface area contributed by atoms with E-state index in [1.165, 1.54) is 0 Å². The molecule has 8 heteroatoms. The number of likely N-dealkylation sites (N-methyl/N-ethyl adjacent to an activating group) is 1. The highest BCUT2D eigenvalue weighted by molar-refractivity contribution is 6.34. The first kappa shape index (κ1) is 16.5. The molecule has 3 N–H and O–H groups in total. The summed E-state index contributed by atoms with van der Waals surface area (Å²) in [6.45, 7) is 4.54. The van der Waals surface area contributed by atoms with E-state index in [2.05, 4.69) is 17.1 Å². The second kappa shape index (κ2) is 6.93. The molecule has 1 heterocycles. The number of nitro benzene ring substituents is 1. The smallest absolute Gasteiger partial charge is 0.271 e. The number of hydrogen-bond donors (Lipinski definition) is 2. The minimum Gasteiger partial charge on any atom is -0.397 e. The van der Waals surface area contributed by atoms with Crippen LogP contribution >= 0.6 is 11.6 Å². The van der Waals surface area contributed by atoms with Crippen LogP contribution < -0.4 is 11.1 Å². The molecule has 1 aromatic carbocycles. The number of nitrogens with one attached hydrogen (secondary N) is 1. The fraction of sp³-hybridized carbons (Fsp3) is 0.500. The third-order valence-electron chi connectivity index (χ3n) is 3.97. The summed E-state index contributed by atoms with van der Waals surface area (Å²) < 4.78 is 0. The Bertz CT molecular complexity index is 594. The van der Waals surface area contributed by atoms with Crippen LogP contribution in [0.5, 0.6) is 0 Å². The summed E-state index contributed by atoms with van der Waals surface area (Å²) in [5.41, 5.74) is 5.62. The van der Waals surface area contributed by atoms with Crippen molar-refractivity contribution in [2.24, 2.45) is 0 Å². The Kier molecular flexibility index (Phi) is 5.20. The van der Waals surface area contributed by atoms with Gasteiger partial charge < -0.3 is 11.1 Å². The number of hydrogen-bond acceptors (Lipinski definition) is 5. The predicted molar refractivity (Wildman–Crippen MR) is 85.1 cm³/mol. The number of halogens is 1. The number of anilines is 1. The second-order valence-corrected chi connectivity index (χ2v) is 5.69. The Morgan fingerprint density at radius 1 is 1.59 bits per heavy atom. The fourth-order valence-corrected chi connectivity index (χ4v) is 2.96. The molecule has 1 aliphatic rings. The number of nitrogens with two attached hydrogens (primary N) is 1. The lowest BCUT2D eigenvalue weighted by Crippen LogP contribution is -2.40. The van der Waals surface area contributed by atoms with Gasteiger partial charge in [0.1, 0.15) is 0 Å². The van der Waals surface area contributed by atoms with Crippen molar-refractivity contribution in [3.05, 3.63) is 32.8 Å². The van der Waals surface area contributed by atoms with Crippen LogP contribution in [0.3, 0.4) is 0 Å². The summed E-state index contributed by atoms with van der Waals surface area (Å²) in [5, 5.41) is 13.7. The van der Waals surface area contributed by atoms with E-state index in [0.29, 0.717) is 12.6 Å². The van der Waals surface area contributed by atoms with Gasteiger partial charge in [0.05, 0.1) is 21.2 Å². The molecule has 1 aromatic rings. The molecular formula is C14H19ClN4O3. The third kappa shape index (κ3) is 3.48. The molecule has 0 aliphatic carbocycles. The van der Waals surface area contributed by atoms with Crippen molar-refractivity contribution in [1.82, 2.24) is 10.2 Å². The highest BCUT2D eigenvalue weighted by Gasteiger charge is 2.24. The van der Waals surface area contributed by atoms with Crippen molar-refractivity contribution in [2.45, 2.75) is 25.8 Å². The van der Waals surface area contributed by atoms with E-state index in [1.54, 1.807) is 0 Å². The maximum atomic E-state index is 12.3. The van der Waals surface area contributed by atoms with Gasteiger partial charge in [0.2, 0.25) is 0 Å². The molecule has 1 saturated heterocycles. The molecular weight excluding hydrogens is 308 g/mol. The van der Waals surface area contributed by atoms with Crippen molar-refractivity contribution in [2.75, 3.05) is 25.4 Å². The van der Waals surface area contributed by atoms with Crippen LogP contribution in [0.25, 0.3) is 0 Å². The first-order valence-electron chi connectivity index (χ1n) is 7.19. The van der Waals surface area contributed by atoms with Gasteiger partial charge in [-0.3, -0.25) is 19.8 Å². The molecule has 1 fully saturated rings. The second-order valence-electron chi connectivity index (χ2n) is 5.28. The Labute approximate surface area is 133 Å². The first-order chi connectivity index (χ1) is 10.4. The zero-order valence-corrected chi connectivity index (χ0v) is 13.1. The van der Waals surface area contributed by atoms with E-state index in [-0.39, 0.29) is 22.0 Å². The Hall–Kier alpha value is -1.86. The summed E-state index contributed by atoms with van der Waals surface area (Å²) in [4.78, 5) is 24.8. The summed E-state index contributed by atoms with van der Waals surface area (Å²) in [6.07, 6.45) is 2.14. The van der Waals surface area contributed by atoms with Crippen molar-refractivity contribution in [3.63, 3.8) is 0 Å². The van der Waals surface area contributed by atoms with Crippen LogP contribution in [-0.4, -0.2) is 41.4 Å². The van der Waals surface area contributed by atoms with E-state index in [0.717, 1.165) is 38.1 Å². The summed E-state index contributed by atoms with van der Waals surface area (Å²) in [7, 11) is 0. The largest absolute Gasteiger partial charge is 0.397 e. The van der Waals surface area contributed by atoms with E-state index in [9.17, 15) is 14.9 Å². The molecule has 1 amide bonds. The van der Waals surface area contributed by atoms with Crippen molar-refractivity contribution >= 4 is 28.9 Å². The highest BCUT2D eigenvalue weighted by atomic mass is 35.5. The van der Waals surface area contributed by atoms with Crippen LogP contribution in [0.4, 0.5) is 11.4 Å². The number of nitrogens with zero attached hydrogens (tertiary/aromatic N) is 2. The topological polar surface area (TPSA) is 102 Å². The number of carbonyl (C=O) groups excluding carboxylic acids is 1. The van der Waals surface area contributed by atoms with Crippen LogP contribution in [0.1, 0.15) is 30.1 Å². The normalized spacial score (nSPS) is 18.4. The lowest BCUT2D eigenvalue weighted by molar-refractivity contribution is -0.384. The van der Waals surface area contributed by atoms with E-state index in [1.807, 2.05) is 0 Å². The minimum atomic E-state index is -0.599. The van der Waals surface area contributed by atoms with Crippen LogP contribution in [0, 0.1) is 10.1 Å². The summed E-state index contributed by atoms with van der Waals surface area (Å²) in [6, 6.07) is 2.59. The molecule has 1 aliphatic heterocycles. The SMILES string of the molecule is CCN1CCCC1CNC(=O)c1cc([N+](=O)[O-])cc(Cl)c1N. The molecule has 22 heavy (non-hydrogen) atoms. The molecule has 0 bridgehead atoms. The van der Waals surface area contributed by atoms with Crippen molar-refractivity contribution < 1.29 is 9.72 Å². The number of benzene rings is 1. The molecule has 7 nitrogen and oxygen atoms in total. The van der Waals surface area contributed by atoms with Crippen molar-refractivity contribution in [3.8, 4) is 0 Å². The first-order valence-corrected chi connectivity index (χ1v) is 7.57.